The molecule has 0 spiro atoms. The molecule has 1 aromatic heterocycles. The van der Waals surface area contributed by atoms with Gasteiger partial charge in [-0.2, -0.15) is 0 Å². The second kappa shape index (κ2) is 10.5. The topological polar surface area (TPSA) is 136 Å². The fourth-order valence-electron chi connectivity index (χ4n) is 4.41. The molecular weight excluding hydrogens is 450 g/mol. The van der Waals surface area contributed by atoms with Crippen molar-refractivity contribution in [3.8, 4) is 5.75 Å². The van der Waals surface area contributed by atoms with Crippen molar-refractivity contribution in [3.05, 3.63) is 58.5 Å². The van der Waals surface area contributed by atoms with Gasteiger partial charge in [0.2, 0.25) is 5.91 Å². The molecule has 1 fully saturated rings. The normalized spacial score (nSPS) is 17.7. The monoisotopic (exact) mass is 479 g/mol. The molecule has 0 radical (unpaired) electrons. The predicted molar refractivity (Wildman–Crippen MR) is 131 cm³/mol. The third kappa shape index (κ3) is 5.89. The first-order valence-corrected chi connectivity index (χ1v) is 11.6. The summed E-state index contributed by atoms with van der Waals surface area (Å²) < 4.78 is 5.64. The number of aromatic amines is 2. The highest BCUT2D eigenvalue weighted by molar-refractivity contribution is 6.00. The molecule has 184 valence electrons. The van der Waals surface area contributed by atoms with Crippen molar-refractivity contribution in [2.45, 2.75) is 45.2 Å². The van der Waals surface area contributed by atoms with Crippen LogP contribution in [-0.2, 0) is 9.59 Å². The average molecular weight is 480 g/mol. The third-order valence-electron chi connectivity index (χ3n) is 6.17. The highest BCUT2D eigenvalue weighted by Gasteiger charge is 2.29. The molecule has 0 saturated carbocycles. The van der Waals surface area contributed by atoms with Gasteiger partial charge in [0.05, 0.1) is 17.6 Å². The highest BCUT2D eigenvalue weighted by Crippen LogP contribution is 2.23. The summed E-state index contributed by atoms with van der Waals surface area (Å²) in [6, 6.07) is 11.8. The number of imidazole rings is 1. The van der Waals surface area contributed by atoms with Crippen LogP contribution < -0.4 is 21.1 Å². The quantitative estimate of drug-likeness (QED) is 0.413. The molecular formula is C25H29N5O5. The Kier molecular flexibility index (Phi) is 7.19. The van der Waals surface area contributed by atoms with E-state index >= 15 is 0 Å². The fourth-order valence-corrected chi connectivity index (χ4v) is 4.41. The van der Waals surface area contributed by atoms with Gasteiger partial charge < -0.3 is 30.2 Å². The van der Waals surface area contributed by atoms with Gasteiger partial charge in [-0.1, -0.05) is 0 Å². The van der Waals surface area contributed by atoms with Crippen LogP contribution in [0, 0.1) is 0 Å². The minimum atomic E-state index is -0.413. The molecule has 0 bridgehead atoms. The van der Waals surface area contributed by atoms with E-state index in [0.717, 1.165) is 19.3 Å². The molecule has 1 aliphatic rings. The van der Waals surface area contributed by atoms with Crippen LogP contribution in [0.1, 0.15) is 43.5 Å². The Hall–Kier alpha value is -4.08. The number of piperidine rings is 1. The van der Waals surface area contributed by atoms with Crippen molar-refractivity contribution in [2.24, 2.45) is 0 Å². The van der Waals surface area contributed by atoms with E-state index in [1.807, 2.05) is 4.90 Å². The smallest absolute Gasteiger partial charge is 0.323 e. The Morgan fingerprint density at radius 2 is 1.69 bits per heavy atom. The number of carbonyl (C=O) groups excluding carboxylic acids is 3. The van der Waals surface area contributed by atoms with Crippen LogP contribution >= 0.6 is 0 Å². The summed E-state index contributed by atoms with van der Waals surface area (Å²) in [6.45, 7) is 3.84. The van der Waals surface area contributed by atoms with E-state index in [1.165, 1.54) is 0 Å². The predicted octanol–water partition coefficient (Wildman–Crippen LogP) is 2.39. The number of nitrogens with zero attached hydrogens (tertiary/aromatic N) is 1. The Morgan fingerprint density at radius 1 is 1.00 bits per heavy atom. The van der Waals surface area contributed by atoms with Crippen LogP contribution in [-0.4, -0.2) is 57.8 Å². The largest absolute Gasteiger partial charge is 0.484 e. The summed E-state index contributed by atoms with van der Waals surface area (Å²) in [5.74, 6) is -0.373. The van der Waals surface area contributed by atoms with E-state index in [9.17, 15) is 19.2 Å². The Balaban J connectivity index is 1.24. The van der Waals surface area contributed by atoms with Crippen molar-refractivity contribution < 1.29 is 19.1 Å². The van der Waals surface area contributed by atoms with E-state index in [4.69, 9.17) is 4.74 Å². The molecule has 2 unspecified atom stereocenters. The lowest BCUT2D eigenvalue weighted by Crippen LogP contribution is -2.49. The standard InChI is InChI=1S/C25H29N5O5/c1-15-4-3-5-16(2)30(15)23(32)14-35-19-9-6-17(7-10-19)24(33)26-13-22(31)27-18-8-11-20-21(12-18)29-25(34)28-20/h6-12,15-16H,3-5,13-14H2,1-2H3,(H,26,33)(H,27,31)(H2,28,29,34). The van der Waals surface area contributed by atoms with Crippen molar-refractivity contribution in [2.75, 3.05) is 18.5 Å². The number of H-pyrrole nitrogens is 2. The lowest BCUT2D eigenvalue weighted by molar-refractivity contribution is -0.139. The first kappa shape index (κ1) is 24.1. The number of ether oxygens (including phenoxy) is 1. The number of amides is 3. The number of benzene rings is 2. The number of fused-ring (bicyclic) bond motifs is 1. The van der Waals surface area contributed by atoms with Crippen molar-refractivity contribution in [1.82, 2.24) is 20.2 Å². The van der Waals surface area contributed by atoms with Crippen LogP contribution in [0.5, 0.6) is 5.75 Å². The molecule has 2 heterocycles. The molecule has 0 aliphatic carbocycles. The molecule has 2 atom stereocenters. The summed E-state index contributed by atoms with van der Waals surface area (Å²) in [4.78, 5) is 55.7. The molecule has 3 amide bonds. The number of aromatic nitrogens is 2. The van der Waals surface area contributed by atoms with Gasteiger partial charge in [-0.05, 0) is 75.6 Å². The van der Waals surface area contributed by atoms with Crippen LogP contribution in [0.25, 0.3) is 11.0 Å². The summed E-state index contributed by atoms with van der Waals surface area (Å²) in [5.41, 5.74) is 1.73. The maximum atomic E-state index is 12.6. The Morgan fingerprint density at radius 3 is 2.40 bits per heavy atom. The molecule has 1 aliphatic heterocycles. The summed E-state index contributed by atoms with van der Waals surface area (Å²) in [7, 11) is 0. The lowest BCUT2D eigenvalue weighted by Gasteiger charge is -2.38. The minimum absolute atomic E-state index is 0.0421. The van der Waals surface area contributed by atoms with Gasteiger partial charge in [-0.15, -0.1) is 0 Å². The zero-order valence-corrected chi connectivity index (χ0v) is 19.7. The third-order valence-corrected chi connectivity index (χ3v) is 6.17. The van der Waals surface area contributed by atoms with Crippen LogP contribution in [0.3, 0.4) is 0 Å². The van der Waals surface area contributed by atoms with Gasteiger partial charge in [0, 0.05) is 23.3 Å². The summed E-state index contributed by atoms with van der Waals surface area (Å²) in [6.07, 6.45) is 3.13. The van der Waals surface area contributed by atoms with Crippen LogP contribution in [0.2, 0.25) is 0 Å². The van der Waals surface area contributed by atoms with E-state index in [-0.39, 0.29) is 36.8 Å². The maximum absolute atomic E-state index is 12.6. The van der Waals surface area contributed by atoms with E-state index in [0.29, 0.717) is 28.0 Å². The second-order valence-electron chi connectivity index (χ2n) is 8.81. The van der Waals surface area contributed by atoms with Crippen molar-refractivity contribution in [1.29, 1.82) is 0 Å². The van der Waals surface area contributed by atoms with Gasteiger partial charge in [-0.3, -0.25) is 14.4 Å². The number of nitrogens with one attached hydrogen (secondary N) is 4. The molecule has 1 saturated heterocycles. The number of hydrogen-bond donors (Lipinski definition) is 4. The maximum Gasteiger partial charge on any atom is 0.323 e. The summed E-state index contributed by atoms with van der Waals surface area (Å²) >= 11 is 0. The average Bonchev–Trinajstić information content (AvgIpc) is 3.20. The summed E-state index contributed by atoms with van der Waals surface area (Å²) in [5, 5.41) is 5.24. The lowest BCUT2D eigenvalue weighted by atomic mass is 9.97. The van der Waals surface area contributed by atoms with Crippen molar-refractivity contribution >= 4 is 34.4 Å². The number of carbonyl (C=O) groups is 3. The van der Waals surface area contributed by atoms with Gasteiger partial charge in [0.1, 0.15) is 5.75 Å². The number of likely N-dealkylation sites (tertiary alicyclic amines) is 1. The van der Waals surface area contributed by atoms with E-state index in [1.54, 1.807) is 42.5 Å². The van der Waals surface area contributed by atoms with Gasteiger partial charge in [0.25, 0.3) is 11.8 Å². The van der Waals surface area contributed by atoms with Crippen LogP contribution in [0.15, 0.2) is 47.3 Å². The Bertz CT molecular complexity index is 1270. The molecule has 4 rings (SSSR count). The molecule has 35 heavy (non-hydrogen) atoms. The highest BCUT2D eigenvalue weighted by atomic mass is 16.5. The van der Waals surface area contributed by atoms with E-state index in [2.05, 4.69) is 34.4 Å². The van der Waals surface area contributed by atoms with Gasteiger partial charge in [-0.25, -0.2) is 4.79 Å². The number of hydrogen-bond acceptors (Lipinski definition) is 5. The molecule has 2 aromatic carbocycles. The zero-order valence-electron chi connectivity index (χ0n) is 19.7. The molecule has 10 heteroatoms. The molecule has 10 nitrogen and oxygen atoms in total. The SMILES string of the molecule is CC1CCCC(C)N1C(=O)COc1ccc(C(=O)NCC(=O)Nc2ccc3[nH]c(=O)[nH]c3c2)cc1. The van der Waals surface area contributed by atoms with Gasteiger partial charge >= 0.3 is 5.69 Å². The first-order valence-electron chi connectivity index (χ1n) is 11.6. The van der Waals surface area contributed by atoms with Crippen molar-refractivity contribution in [3.63, 3.8) is 0 Å². The molecule has 3 aromatic rings. The first-order chi connectivity index (χ1) is 16.8. The van der Waals surface area contributed by atoms with E-state index < -0.39 is 11.8 Å². The minimum Gasteiger partial charge on any atom is -0.484 e. The fraction of sp³-hybridized carbons (Fsp3) is 0.360. The Labute approximate surface area is 202 Å². The molecule has 4 N–H and O–H groups in total. The number of anilines is 1. The van der Waals surface area contributed by atoms with Crippen LogP contribution in [0.4, 0.5) is 5.69 Å². The van der Waals surface area contributed by atoms with Gasteiger partial charge in [0.15, 0.2) is 6.61 Å². The number of rotatable bonds is 7. The zero-order chi connectivity index (χ0) is 24.9. The second-order valence-corrected chi connectivity index (χ2v) is 8.81.